The number of esters is 1. The Balaban J connectivity index is 1.61. The van der Waals surface area contributed by atoms with Gasteiger partial charge in [0.05, 0.1) is 18.6 Å². The van der Waals surface area contributed by atoms with Crippen LogP contribution < -0.4 is 0 Å². The van der Waals surface area contributed by atoms with E-state index in [0.717, 1.165) is 12.8 Å². The number of hydrogen-bond donors (Lipinski definition) is 0. The number of rotatable bonds is 15. The molecule has 1 fully saturated rings. The van der Waals surface area contributed by atoms with Crippen LogP contribution in [0.15, 0.2) is 30.3 Å². The van der Waals surface area contributed by atoms with Crippen LogP contribution >= 0.6 is 0 Å². The van der Waals surface area contributed by atoms with Crippen LogP contribution in [0.1, 0.15) is 83.1 Å². The van der Waals surface area contributed by atoms with Crippen molar-refractivity contribution in [3.8, 4) is 0 Å². The lowest BCUT2D eigenvalue weighted by molar-refractivity contribution is -0.171. The molecule has 0 aliphatic carbocycles. The number of cyclic esters (lactones) is 1. The maximum Gasteiger partial charge on any atom is 0.312 e. The summed E-state index contributed by atoms with van der Waals surface area (Å²) in [5, 5.41) is 0. The Morgan fingerprint density at radius 1 is 1.00 bits per heavy atom. The van der Waals surface area contributed by atoms with Gasteiger partial charge in [0.1, 0.15) is 6.61 Å². The Morgan fingerprint density at radius 3 is 2.23 bits per heavy atom. The number of carbonyl (C=O) groups is 1. The van der Waals surface area contributed by atoms with Crippen molar-refractivity contribution >= 4 is 5.97 Å². The average molecular weight is 361 g/mol. The molecule has 1 unspecified atom stereocenters. The molecule has 26 heavy (non-hydrogen) atoms. The molecular formula is C23H36O3. The maximum absolute atomic E-state index is 11.5. The monoisotopic (exact) mass is 360 g/mol. The standard InChI is InChI=1S/C23H36O3/c1-2-3-4-5-6-7-8-9-13-16-22(17-21-19-26-23(21)24)25-18-20-14-11-10-12-15-20/h10-12,14-15,21-22H,2-9,13,16-19H2,1H3/t21?,22-/m1/s1. The second-order valence-corrected chi connectivity index (χ2v) is 7.60. The number of hydrogen-bond acceptors (Lipinski definition) is 3. The second kappa shape index (κ2) is 12.9. The maximum atomic E-state index is 11.5. The highest BCUT2D eigenvalue weighted by Gasteiger charge is 2.33. The predicted molar refractivity (Wildman–Crippen MR) is 106 cm³/mol. The summed E-state index contributed by atoms with van der Waals surface area (Å²) in [7, 11) is 0. The van der Waals surface area contributed by atoms with Crippen molar-refractivity contribution in [3.05, 3.63) is 35.9 Å². The SMILES string of the molecule is CCCCCCCCCCC[C@H](CC1COC1=O)OCc1ccccc1. The van der Waals surface area contributed by atoms with Gasteiger partial charge in [-0.25, -0.2) is 0 Å². The van der Waals surface area contributed by atoms with Crippen LogP contribution in [0, 0.1) is 5.92 Å². The van der Waals surface area contributed by atoms with E-state index >= 15 is 0 Å². The lowest BCUT2D eigenvalue weighted by atomic mass is 9.95. The highest BCUT2D eigenvalue weighted by molar-refractivity contribution is 5.77. The van der Waals surface area contributed by atoms with Crippen LogP contribution in [-0.2, 0) is 20.9 Å². The molecule has 0 N–H and O–H groups in total. The van der Waals surface area contributed by atoms with Crippen LogP contribution in [0.2, 0.25) is 0 Å². The molecule has 1 aromatic carbocycles. The minimum atomic E-state index is -0.0506. The van der Waals surface area contributed by atoms with Crippen molar-refractivity contribution in [2.45, 2.75) is 90.3 Å². The van der Waals surface area contributed by atoms with Gasteiger partial charge in [-0.05, 0) is 18.4 Å². The Kier molecular flexibility index (Phi) is 10.4. The fraction of sp³-hybridized carbons (Fsp3) is 0.696. The van der Waals surface area contributed by atoms with Crippen molar-refractivity contribution < 1.29 is 14.3 Å². The number of carbonyl (C=O) groups excluding carboxylic acids is 1. The van der Waals surface area contributed by atoms with Gasteiger partial charge in [0.2, 0.25) is 0 Å². The Morgan fingerprint density at radius 2 is 1.65 bits per heavy atom. The summed E-state index contributed by atoms with van der Waals surface area (Å²) in [6.45, 7) is 3.46. The predicted octanol–water partition coefficient (Wildman–Crippen LogP) is 6.06. The normalized spacial score (nSPS) is 17.6. The third-order valence-electron chi connectivity index (χ3n) is 5.27. The summed E-state index contributed by atoms with van der Waals surface area (Å²) >= 11 is 0. The highest BCUT2D eigenvalue weighted by atomic mass is 16.6. The van der Waals surface area contributed by atoms with E-state index in [4.69, 9.17) is 9.47 Å². The smallest absolute Gasteiger partial charge is 0.312 e. The molecule has 1 saturated heterocycles. The van der Waals surface area contributed by atoms with Gasteiger partial charge in [-0.2, -0.15) is 0 Å². The topological polar surface area (TPSA) is 35.5 Å². The van der Waals surface area contributed by atoms with Gasteiger partial charge >= 0.3 is 5.97 Å². The molecule has 146 valence electrons. The van der Waals surface area contributed by atoms with Crippen LogP contribution in [0.3, 0.4) is 0 Å². The van der Waals surface area contributed by atoms with E-state index in [0.29, 0.717) is 13.2 Å². The molecule has 2 atom stereocenters. The van der Waals surface area contributed by atoms with Crippen LogP contribution in [0.25, 0.3) is 0 Å². The molecule has 3 heteroatoms. The molecule has 0 spiro atoms. The molecule has 1 aliphatic heterocycles. The van der Waals surface area contributed by atoms with Crippen molar-refractivity contribution in [1.29, 1.82) is 0 Å². The molecule has 3 nitrogen and oxygen atoms in total. The van der Waals surface area contributed by atoms with Crippen LogP contribution in [-0.4, -0.2) is 18.7 Å². The minimum Gasteiger partial charge on any atom is -0.464 e. The first-order valence-electron chi connectivity index (χ1n) is 10.6. The summed E-state index contributed by atoms with van der Waals surface area (Å²) < 4.78 is 11.1. The Hall–Kier alpha value is -1.35. The van der Waals surface area contributed by atoms with Crippen molar-refractivity contribution in [3.63, 3.8) is 0 Å². The first-order valence-corrected chi connectivity index (χ1v) is 10.6. The van der Waals surface area contributed by atoms with Crippen molar-refractivity contribution in [2.24, 2.45) is 5.92 Å². The van der Waals surface area contributed by atoms with E-state index in [1.54, 1.807) is 0 Å². The first kappa shape index (κ1) is 21.0. The third kappa shape index (κ3) is 8.35. The first-order chi connectivity index (χ1) is 12.8. The summed E-state index contributed by atoms with van der Waals surface area (Å²) in [4.78, 5) is 11.5. The summed E-state index contributed by atoms with van der Waals surface area (Å²) in [5.41, 5.74) is 1.20. The summed E-state index contributed by atoms with van der Waals surface area (Å²) in [5.74, 6) is -0.000251. The molecule has 2 rings (SSSR count). The van der Waals surface area contributed by atoms with Gasteiger partial charge in [-0.15, -0.1) is 0 Å². The molecular weight excluding hydrogens is 324 g/mol. The lowest BCUT2D eigenvalue weighted by Crippen LogP contribution is -2.37. The zero-order chi connectivity index (χ0) is 18.5. The van der Waals surface area contributed by atoms with E-state index in [1.165, 1.54) is 63.4 Å². The average Bonchev–Trinajstić information content (AvgIpc) is 2.67. The Bertz CT molecular complexity index is 485. The van der Waals surface area contributed by atoms with E-state index in [2.05, 4.69) is 19.1 Å². The summed E-state index contributed by atoms with van der Waals surface area (Å²) in [6.07, 6.45) is 14.0. The largest absolute Gasteiger partial charge is 0.464 e. The molecule has 0 aromatic heterocycles. The fourth-order valence-electron chi connectivity index (χ4n) is 3.49. The van der Waals surface area contributed by atoms with E-state index in [9.17, 15) is 4.79 Å². The van der Waals surface area contributed by atoms with Gasteiger partial charge in [-0.1, -0.05) is 95.0 Å². The Labute approximate surface area is 159 Å². The highest BCUT2D eigenvalue weighted by Crippen LogP contribution is 2.24. The van der Waals surface area contributed by atoms with Crippen LogP contribution in [0.5, 0.6) is 0 Å². The summed E-state index contributed by atoms with van der Waals surface area (Å²) in [6, 6.07) is 10.3. The molecule has 1 aromatic rings. The van der Waals surface area contributed by atoms with E-state index < -0.39 is 0 Å². The van der Waals surface area contributed by atoms with Gasteiger partial charge in [0.25, 0.3) is 0 Å². The molecule has 1 aliphatic rings. The molecule has 0 amide bonds. The van der Waals surface area contributed by atoms with E-state index in [1.807, 2.05) is 18.2 Å². The molecule has 1 heterocycles. The fourth-order valence-corrected chi connectivity index (χ4v) is 3.49. The van der Waals surface area contributed by atoms with Gasteiger partial charge in [0.15, 0.2) is 0 Å². The van der Waals surface area contributed by atoms with Gasteiger partial charge in [-0.3, -0.25) is 4.79 Å². The molecule has 0 saturated carbocycles. The van der Waals surface area contributed by atoms with Crippen molar-refractivity contribution in [1.82, 2.24) is 0 Å². The van der Waals surface area contributed by atoms with Crippen LogP contribution in [0.4, 0.5) is 0 Å². The zero-order valence-electron chi connectivity index (χ0n) is 16.5. The molecule has 0 radical (unpaired) electrons. The minimum absolute atomic E-state index is 0.0503. The molecule has 0 bridgehead atoms. The van der Waals surface area contributed by atoms with Gasteiger partial charge < -0.3 is 9.47 Å². The van der Waals surface area contributed by atoms with Gasteiger partial charge in [0, 0.05) is 0 Å². The lowest BCUT2D eigenvalue weighted by Gasteiger charge is -2.28. The number of benzene rings is 1. The zero-order valence-corrected chi connectivity index (χ0v) is 16.5. The number of unbranched alkanes of at least 4 members (excludes halogenated alkanes) is 8. The second-order valence-electron chi connectivity index (χ2n) is 7.60. The number of ether oxygens (including phenoxy) is 2. The van der Waals surface area contributed by atoms with Crippen molar-refractivity contribution in [2.75, 3.05) is 6.61 Å². The quantitative estimate of drug-likeness (QED) is 0.282. The third-order valence-corrected chi connectivity index (χ3v) is 5.27. The van der Waals surface area contributed by atoms with E-state index in [-0.39, 0.29) is 18.0 Å².